The molecule has 0 unspecified atom stereocenters. The molecule has 0 fully saturated rings. The predicted octanol–water partition coefficient (Wildman–Crippen LogP) is 2.93. The summed E-state index contributed by atoms with van der Waals surface area (Å²) < 4.78 is 5.10. The van der Waals surface area contributed by atoms with E-state index in [9.17, 15) is 0 Å². The molecule has 0 bridgehead atoms. The van der Waals surface area contributed by atoms with Gasteiger partial charge in [0.2, 0.25) is 0 Å². The van der Waals surface area contributed by atoms with E-state index in [4.69, 9.17) is 4.74 Å². The molecule has 0 atom stereocenters. The maximum atomic E-state index is 5.10. The van der Waals surface area contributed by atoms with Crippen LogP contribution < -0.4 is 9.64 Å². The lowest BCUT2D eigenvalue weighted by Gasteiger charge is -2.18. The Balaban J connectivity index is 2.19. The van der Waals surface area contributed by atoms with E-state index >= 15 is 0 Å². The molecular weight excluding hydrogens is 174 g/mol. The molecule has 0 aliphatic carbocycles. The van der Waals surface area contributed by atoms with E-state index < -0.39 is 0 Å². The Morgan fingerprint density at radius 3 is 2.29 bits per heavy atom. The Labute approximate surface area is 84.1 Å². The van der Waals surface area contributed by atoms with Crippen molar-refractivity contribution < 1.29 is 4.74 Å². The molecule has 0 saturated carbocycles. The molecule has 14 heavy (non-hydrogen) atoms. The van der Waals surface area contributed by atoms with Gasteiger partial charge in [-0.2, -0.15) is 0 Å². The number of rotatable bonds is 2. The normalized spacial score (nSPS) is 14.5. The molecule has 0 N–H and O–H groups in total. The van der Waals surface area contributed by atoms with Gasteiger partial charge in [-0.25, -0.2) is 0 Å². The highest BCUT2D eigenvalue weighted by Gasteiger charge is 2.01. The monoisotopic (exact) mass is 187 g/mol. The lowest BCUT2D eigenvalue weighted by atomic mass is 10.2. The number of ether oxygens (including phenoxy) is 1. The first-order chi connectivity index (χ1) is 6.90. The van der Waals surface area contributed by atoms with Gasteiger partial charge in [-0.15, -0.1) is 0 Å². The largest absolute Gasteiger partial charge is 0.497 e. The number of anilines is 1. The van der Waals surface area contributed by atoms with Crippen molar-refractivity contribution in [1.29, 1.82) is 0 Å². The Kier molecular flexibility index (Phi) is 2.54. The van der Waals surface area contributed by atoms with Gasteiger partial charge in [0.1, 0.15) is 5.75 Å². The number of allylic oxidation sites excluding steroid dienone is 2. The second-order valence-electron chi connectivity index (χ2n) is 3.11. The van der Waals surface area contributed by atoms with Crippen LogP contribution in [0.15, 0.2) is 48.8 Å². The van der Waals surface area contributed by atoms with E-state index in [2.05, 4.69) is 29.5 Å². The van der Waals surface area contributed by atoms with E-state index in [1.807, 2.05) is 24.3 Å². The van der Waals surface area contributed by atoms with Gasteiger partial charge in [-0.05, 0) is 30.7 Å². The number of hydrogen-bond acceptors (Lipinski definition) is 2. The van der Waals surface area contributed by atoms with Gasteiger partial charge in [0, 0.05) is 18.1 Å². The summed E-state index contributed by atoms with van der Waals surface area (Å²) in [5, 5.41) is 0. The predicted molar refractivity (Wildman–Crippen MR) is 58.4 cm³/mol. The third-order valence-corrected chi connectivity index (χ3v) is 2.17. The van der Waals surface area contributed by atoms with Crippen LogP contribution in [0.3, 0.4) is 0 Å². The summed E-state index contributed by atoms with van der Waals surface area (Å²) in [5.74, 6) is 0.888. The molecule has 1 aliphatic rings. The van der Waals surface area contributed by atoms with Crippen molar-refractivity contribution in [3.8, 4) is 5.75 Å². The van der Waals surface area contributed by atoms with Crippen LogP contribution in [0.4, 0.5) is 5.69 Å². The van der Waals surface area contributed by atoms with Gasteiger partial charge in [0.05, 0.1) is 7.11 Å². The molecular formula is C12H13NO. The smallest absolute Gasteiger partial charge is 0.119 e. The second-order valence-corrected chi connectivity index (χ2v) is 3.11. The standard InChI is InChI=1S/C12H13NO/c1-14-12-7-5-11(6-8-12)13-9-3-2-4-10-13/h3-10H,2H2,1H3. The SMILES string of the molecule is COc1ccc(N2C=CCC=C2)cc1. The highest BCUT2D eigenvalue weighted by molar-refractivity contribution is 5.54. The highest BCUT2D eigenvalue weighted by atomic mass is 16.5. The molecule has 0 amide bonds. The van der Waals surface area contributed by atoms with Crippen LogP contribution in [0.2, 0.25) is 0 Å². The Bertz CT molecular complexity index is 339. The number of methoxy groups -OCH3 is 1. The van der Waals surface area contributed by atoms with Crippen LogP contribution in [0.1, 0.15) is 6.42 Å². The number of nitrogens with zero attached hydrogens (tertiary/aromatic N) is 1. The zero-order chi connectivity index (χ0) is 9.80. The first kappa shape index (κ1) is 8.88. The van der Waals surface area contributed by atoms with Gasteiger partial charge >= 0.3 is 0 Å². The first-order valence-corrected chi connectivity index (χ1v) is 4.66. The van der Waals surface area contributed by atoms with Crippen molar-refractivity contribution >= 4 is 5.69 Å². The highest BCUT2D eigenvalue weighted by Crippen LogP contribution is 2.21. The second kappa shape index (κ2) is 4.01. The summed E-state index contributed by atoms with van der Waals surface area (Å²) in [5.41, 5.74) is 1.15. The zero-order valence-electron chi connectivity index (χ0n) is 8.18. The van der Waals surface area contributed by atoms with Crippen molar-refractivity contribution in [3.05, 3.63) is 48.8 Å². The van der Waals surface area contributed by atoms with E-state index in [0.29, 0.717) is 0 Å². The van der Waals surface area contributed by atoms with Crippen LogP contribution in [0.25, 0.3) is 0 Å². The topological polar surface area (TPSA) is 12.5 Å². The summed E-state index contributed by atoms with van der Waals surface area (Å²) >= 11 is 0. The molecule has 1 aromatic carbocycles. The fourth-order valence-electron chi connectivity index (χ4n) is 1.40. The molecule has 1 heterocycles. The Morgan fingerprint density at radius 2 is 1.71 bits per heavy atom. The maximum absolute atomic E-state index is 5.10. The molecule has 72 valence electrons. The zero-order valence-corrected chi connectivity index (χ0v) is 8.18. The average Bonchev–Trinajstić information content (AvgIpc) is 2.30. The van der Waals surface area contributed by atoms with Crippen LogP contribution in [0.5, 0.6) is 5.75 Å². The third-order valence-electron chi connectivity index (χ3n) is 2.17. The van der Waals surface area contributed by atoms with Crippen LogP contribution in [-0.2, 0) is 0 Å². The minimum absolute atomic E-state index is 0.888. The lowest BCUT2D eigenvalue weighted by Crippen LogP contribution is -2.08. The number of benzene rings is 1. The van der Waals surface area contributed by atoms with Gasteiger partial charge in [-0.3, -0.25) is 0 Å². The van der Waals surface area contributed by atoms with Crippen molar-refractivity contribution in [2.24, 2.45) is 0 Å². The molecule has 2 rings (SSSR count). The van der Waals surface area contributed by atoms with Gasteiger partial charge in [-0.1, -0.05) is 12.2 Å². The minimum atomic E-state index is 0.888. The first-order valence-electron chi connectivity index (χ1n) is 4.66. The van der Waals surface area contributed by atoms with Crippen molar-refractivity contribution in [2.75, 3.05) is 12.0 Å². The quantitative estimate of drug-likeness (QED) is 0.705. The van der Waals surface area contributed by atoms with Crippen molar-refractivity contribution in [2.45, 2.75) is 6.42 Å². The van der Waals surface area contributed by atoms with Crippen LogP contribution in [0, 0.1) is 0 Å². The molecule has 1 aromatic rings. The van der Waals surface area contributed by atoms with Crippen LogP contribution >= 0.6 is 0 Å². The summed E-state index contributed by atoms with van der Waals surface area (Å²) in [4.78, 5) is 2.09. The summed E-state index contributed by atoms with van der Waals surface area (Å²) in [7, 11) is 1.68. The average molecular weight is 187 g/mol. The number of hydrogen-bond donors (Lipinski definition) is 0. The van der Waals surface area contributed by atoms with Gasteiger partial charge in [0.15, 0.2) is 0 Å². The van der Waals surface area contributed by atoms with E-state index in [1.54, 1.807) is 7.11 Å². The van der Waals surface area contributed by atoms with Crippen molar-refractivity contribution in [3.63, 3.8) is 0 Å². The lowest BCUT2D eigenvalue weighted by molar-refractivity contribution is 0.415. The molecule has 0 spiro atoms. The molecule has 2 nitrogen and oxygen atoms in total. The molecule has 2 heteroatoms. The van der Waals surface area contributed by atoms with E-state index in [1.165, 1.54) is 0 Å². The van der Waals surface area contributed by atoms with Crippen LogP contribution in [-0.4, -0.2) is 7.11 Å². The molecule has 0 radical (unpaired) electrons. The van der Waals surface area contributed by atoms with Gasteiger partial charge in [0.25, 0.3) is 0 Å². The molecule has 0 aromatic heterocycles. The van der Waals surface area contributed by atoms with E-state index in [0.717, 1.165) is 17.9 Å². The minimum Gasteiger partial charge on any atom is -0.497 e. The van der Waals surface area contributed by atoms with E-state index in [-0.39, 0.29) is 0 Å². The maximum Gasteiger partial charge on any atom is 0.119 e. The summed E-state index contributed by atoms with van der Waals surface area (Å²) in [6, 6.07) is 8.01. The fourth-order valence-corrected chi connectivity index (χ4v) is 1.40. The van der Waals surface area contributed by atoms with Crippen molar-refractivity contribution in [1.82, 2.24) is 0 Å². The third kappa shape index (κ3) is 1.79. The van der Waals surface area contributed by atoms with Gasteiger partial charge < -0.3 is 9.64 Å². The summed E-state index contributed by atoms with van der Waals surface area (Å²) in [6.45, 7) is 0. The molecule has 1 aliphatic heterocycles. The fraction of sp³-hybridized carbons (Fsp3) is 0.167. The Hall–Kier alpha value is -1.70. The molecule has 0 saturated heterocycles. The Morgan fingerprint density at radius 1 is 1.07 bits per heavy atom. The summed E-state index contributed by atoms with van der Waals surface area (Å²) in [6.07, 6.45) is 9.42.